The smallest absolute Gasteiger partial charge is 0.272 e. The Morgan fingerprint density at radius 1 is 1.24 bits per heavy atom. The number of fused-ring (bicyclic) bond motifs is 1. The minimum absolute atomic E-state index is 0.169. The fourth-order valence-corrected chi connectivity index (χ4v) is 3.30. The van der Waals surface area contributed by atoms with Gasteiger partial charge in [-0.1, -0.05) is 36.4 Å². The first kappa shape index (κ1) is 13.8. The van der Waals surface area contributed by atoms with E-state index in [1.807, 2.05) is 18.2 Å². The lowest BCUT2D eigenvalue weighted by molar-refractivity contribution is -0.385. The van der Waals surface area contributed by atoms with Gasteiger partial charge in [-0.3, -0.25) is 10.1 Å². The molecule has 1 atom stereocenters. The summed E-state index contributed by atoms with van der Waals surface area (Å²) < 4.78 is 0. The van der Waals surface area contributed by atoms with E-state index < -0.39 is 5.54 Å². The Morgan fingerprint density at radius 3 is 2.76 bits per heavy atom. The van der Waals surface area contributed by atoms with E-state index in [0.717, 1.165) is 24.0 Å². The van der Waals surface area contributed by atoms with Crippen molar-refractivity contribution < 1.29 is 4.92 Å². The zero-order chi connectivity index (χ0) is 15.0. The minimum Gasteiger partial charge on any atom is -0.321 e. The number of rotatable bonds is 3. The largest absolute Gasteiger partial charge is 0.321 e. The van der Waals surface area contributed by atoms with Gasteiger partial charge in [-0.15, -0.1) is 0 Å². The Hall–Kier alpha value is -2.20. The van der Waals surface area contributed by atoms with E-state index in [2.05, 4.69) is 12.1 Å². The molecule has 0 spiro atoms. The highest BCUT2D eigenvalue weighted by Crippen LogP contribution is 2.38. The second-order valence-electron chi connectivity index (χ2n) is 5.81. The number of benzene rings is 2. The lowest BCUT2D eigenvalue weighted by atomic mass is 9.84. The van der Waals surface area contributed by atoms with E-state index in [9.17, 15) is 10.1 Å². The van der Waals surface area contributed by atoms with Crippen molar-refractivity contribution in [2.24, 2.45) is 5.73 Å². The fraction of sp³-hybridized carbons (Fsp3) is 0.294. The molecule has 0 saturated carbocycles. The first-order chi connectivity index (χ1) is 10.0. The predicted molar refractivity (Wildman–Crippen MR) is 82.2 cm³/mol. The highest BCUT2D eigenvalue weighted by Gasteiger charge is 2.35. The molecule has 0 saturated heterocycles. The van der Waals surface area contributed by atoms with Crippen molar-refractivity contribution in [1.82, 2.24) is 0 Å². The molecular weight excluding hydrogens is 264 g/mol. The molecule has 0 aliphatic heterocycles. The third-order valence-corrected chi connectivity index (χ3v) is 4.51. The van der Waals surface area contributed by atoms with Crippen LogP contribution in [0, 0.1) is 17.0 Å². The third kappa shape index (κ3) is 2.32. The molecule has 2 N–H and O–H groups in total. The first-order valence-corrected chi connectivity index (χ1v) is 7.11. The molecular formula is C17H18N2O2. The minimum atomic E-state index is -0.420. The molecule has 21 heavy (non-hydrogen) atoms. The lowest BCUT2D eigenvalue weighted by Gasteiger charge is -2.26. The molecule has 0 fully saturated rings. The van der Waals surface area contributed by atoms with Crippen LogP contribution in [0.15, 0.2) is 42.5 Å². The van der Waals surface area contributed by atoms with Crippen LogP contribution in [0.2, 0.25) is 0 Å². The maximum Gasteiger partial charge on any atom is 0.272 e. The summed E-state index contributed by atoms with van der Waals surface area (Å²) in [6.07, 6.45) is 2.49. The molecule has 2 aromatic rings. The molecule has 1 aliphatic rings. The van der Waals surface area contributed by atoms with Gasteiger partial charge in [-0.2, -0.15) is 0 Å². The normalized spacial score (nSPS) is 20.3. The molecule has 108 valence electrons. The Morgan fingerprint density at radius 2 is 2.00 bits per heavy atom. The monoisotopic (exact) mass is 282 g/mol. The van der Waals surface area contributed by atoms with Gasteiger partial charge in [0.15, 0.2) is 0 Å². The SMILES string of the molecule is Cc1c(CC2(N)CCc3ccccc32)cccc1[N+](=O)[O-]. The van der Waals surface area contributed by atoms with Crippen molar-refractivity contribution in [3.8, 4) is 0 Å². The van der Waals surface area contributed by atoms with Crippen LogP contribution in [-0.2, 0) is 18.4 Å². The number of nitrogens with two attached hydrogens (primary N) is 1. The summed E-state index contributed by atoms with van der Waals surface area (Å²) in [5, 5.41) is 11.1. The van der Waals surface area contributed by atoms with Gasteiger partial charge in [0.1, 0.15) is 0 Å². The van der Waals surface area contributed by atoms with E-state index in [1.54, 1.807) is 19.1 Å². The van der Waals surface area contributed by atoms with Crippen LogP contribution in [0.3, 0.4) is 0 Å². The van der Waals surface area contributed by atoms with Crippen molar-refractivity contribution in [1.29, 1.82) is 0 Å². The van der Waals surface area contributed by atoms with Crippen LogP contribution in [-0.4, -0.2) is 4.92 Å². The van der Waals surface area contributed by atoms with Gasteiger partial charge in [0.2, 0.25) is 0 Å². The quantitative estimate of drug-likeness (QED) is 0.694. The molecule has 3 rings (SSSR count). The molecule has 0 radical (unpaired) electrons. The molecule has 4 nitrogen and oxygen atoms in total. The molecule has 0 heterocycles. The van der Waals surface area contributed by atoms with Gasteiger partial charge >= 0.3 is 0 Å². The molecule has 0 amide bonds. The highest BCUT2D eigenvalue weighted by atomic mass is 16.6. The molecule has 1 aliphatic carbocycles. The topological polar surface area (TPSA) is 69.2 Å². The van der Waals surface area contributed by atoms with Crippen LogP contribution in [0.1, 0.15) is 28.7 Å². The van der Waals surface area contributed by atoms with Crippen LogP contribution >= 0.6 is 0 Å². The van der Waals surface area contributed by atoms with Gasteiger partial charge in [0.05, 0.1) is 4.92 Å². The van der Waals surface area contributed by atoms with Crippen molar-refractivity contribution in [2.75, 3.05) is 0 Å². The van der Waals surface area contributed by atoms with Gasteiger partial charge in [0.25, 0.3) is 5.69 Å². The summed E-state index contributed by atoms with van der Waals surface area (Å²) >= 11 is 0. The van der Waals surface area contributed by atoms with Crippen molar-refractivity contribution in [3.05, 3.63) is 74.8 Å². The summed E-state index contributed by atoms with van der Waals surface area (Å²) in [6.45, 7) is 1.80. The maximum absolute atomic E-state index is 11.1. The predicted octanol–water partition coefficient (Wildman–Crippen LogP) is 3.25. The van der Waals surface area contributed by atoms with Crippen molar-refractivity contribution >= 4 is 5.69 Å². The Bertz CT molecular complexity index is 712. The Labute approximate surface area is 123 Å². The Balaban J connectivity index is 1.98. The van der Waals surface area contributed by atoms with Gasteiger partial charge in [0, 0.05) is 17.2 Å². The average molecular weight is 282 g/mol. The summed E-state index contributed by atoms with van der Waals surface area (Å²) in [5.41, 5.74) is 10.5. The summed E-state index contributed by atoms with van der Waals surface area (Å²) in [5.74, 6) is 0. The van der Waals surface area contributed by atoms with E-state index in [0.29, 0.717) is 6.42 Å². The second kappa shape index (κ2) is 4.97. The van der Waals surface area contributed by atoms with E-state index in [4.69, 9.17) is 5.73 Å². The summed E-state index contributed by atoms with van der Waals surface area (Å²) in [4.78, 5) is 10.7. The van der Waals surface area contributed by atoms with Gasteiger partial charge < -0.3 is 5.73 Å². The van der Waals surface area contributed by atoms with E-state index in [1.165, 1.54) is 11.1 Å². The number of hydrogen-bond donors (Lipinski definition) is 1. The number of nitro groups is 1. The second-order valence-corrected chi connectivity index (χ2v) is 5.81. The van der Waals surface area contributed by atoms with Crippen LogP contribution in [0.25, 0.3) is 0 Å². The zero-order valence-corrected chi connectivity index (χ0v) is 12.0. The van der Waals surface area contributed by atoms with Crippen molar-refractivity contribution in [2.45, 2.75) is 31.7 Å². The number of nitro benzene ring substituents is 1. The third-order valence-electron chi connectivity index (χ3n) is 4.51. The fourth-order valence-electron chi connectivity index (χ4n) is 3.30. The van der Waals surface area contributed by atoms with E-state index >= 15 is 0 Å². The van der Waals surface area contributed by atoms with E-state index in [-0.39, 0.29) is 10.6 Å². The van der Waals surface area contributed by atoms with Crippen LogP contribution in [0.4, 0.5) is 5.69 Å². The van der Waals surface area contributed by atoms with Gasteiger partial charge in [-0.05, 0) is 42.9 Å². The lowest BCUT2D eigenvalue weighted by Crippen LogP contribution is -2.36. The van der Waals surface area contributed by atoms with Crippen LogP contribution in [0.5, 0.6) is 0 Å². The standard InChI is InChI=1S/C17H18N2O2/c1-12-14(6-4-8-16(12)19(20)21)11-17(18)10-9-13-5-2-3-7-15(13)17/h2-8H,9-11,18H2,1H3. The number of hydrogen-bond acceptors (Lipinski definition) is 3. The average Bonchev–Trinajstić information content (AvgIpc) is 2.79. The molecule has 0 aromatic heterocycles. The van der Waals surface area contributed by atoms with Crippen LogP contribution < -0.4 is 5.73 Å². The number of nitrogens with zero attached hydrogens (tertiary/aromatic N) is 1. The molecule has 0 bridgehead atoms. The zero-order valence-electron chi connectivity index (χ0n) is 12.0. The first-order valence-electron chi connectivity index (χ1n) is 7.11. The summed E-state index contributed by atoms with van der Waals surface area (Å²) in [6, 6.07) is 13.5. The van der Waals surface area contributed by atoms with Gasteiger partial charge in [-0.25, -0.2) is 0 Å². The molecule has 4 heteroatoms. The number of aryl methyl sites for hydroxylation is 1. The summed E-state index contributed by atoms with van der Waals surface area (Å²) in [7, 11) is 0. The molecule has 1 unspecified atom stereocenters. The highest BCUT2D eigenvalue weighted by molar-refractivity contribution is 5.47. The maximum atomic E-state index is 11.1. The molecule has 2 aromatic carbocycles. The van der Waals surface area contributed by atoms with Crippen molar-refractivity contribution in [3.63, 3.8) is 0 Å². The Kier molecular flexibility index (Phi) is 3.26.